The standard InChI is InChI=1S/C15H11ClF2N2/c1-9-4-2-7-12-14(9)19-13(8-16)20(12)15-10(17)5-3-6-11(15)18/h2-7H,8H2,1H3. The first kappa shape index (κ1) is 13.1. The van der Waals surface area contributed by atoms with E-state index in [0.717, 1.165) is 5.56 Å². The van der Waals surface area contributed by atoms with Crippen LogP contribution in [0.1, 0.15) is 11.4 Å². The molecule has 0 radical (unpaired) electrons. The van der Waals surface area contributed by atoms with E-state index in [4.69, 9.17) is 11.6 Å². The predicted octanol–water partition coefficient (Wildman–Crippen LogP) is 4.35. The zero-order chi connectivity index (χ0) is 14.3. The Bertz CT molecular complexity index is 776. The van der Waals surface area contributed by atoms with E-state index in [-0.39, 0.29) is 11.6 Å². The van der Waals surface area contributed by atoms with E-state index < -0.39 is 11.6 Å². The van der Waals surface area contributed by atoms with Crippen molar-refractivity contribution in [2.24, 2.45) is 0 Å². The first-order valence-electron chi connectivity index (χ1n) is 6.10. The number of aromatic nitrogens is 2. The molecule has 0 aliphatic heterocycles. The minimum Gasteiger partial charge on any atom is -0.290 e. The van der Waals surface area contributed by atoms with Gasteiger partial charge in [-0.05, 0) is 30.7 Å². The van der Waals surface area contributed by atoms with E-state index in [0.29, 0.717) is 16.9 Å². The fourth-order valence-electron chi connectivity index (χ4n) is 2.33. The van der Waals surface area contributed by atoms with Crippen LogP contribution in [0.3, 0.4) is 0 Å². The first-order chi connectivity index (χ1) is 9.63. The van der Waals surface area contributed by atoms with Gasteiger partial charge in [0.25, 0.3) is 0 Å². The van der Waals surface area contributed by atoms with Crippen LogP contribution in [0.15, 0.2) is 36.4 Å². The minimum absolute atomic E-state index is 0.0713. The van der Waals surface area contributed by atoms with Crippen LogP contribution in [-0.4, -0.2) is 9.55 Å². The molecule has 1 heterocycles. The van der Waals surface area contributed by atoms with Gasteiger partial charge in [-0.15, -0.1) is 11.6 Å². The van der Waals surface area contributed by atoms with Crippen LogP contribution in [0.2, 0.25) is 0 Å². The number of hydrogen-bond donors (Lipinski definition) is 0. The molecule has 0 saturated carbocycles. The normalized spacial score (nSPS) is 11.2. The van der Waals surface area contributed by atoms with Crippen LogP contribution in [0.5, 0.6) is 0 Å². The summed E-state index contributed by atoms with van der Waals surface area (Å²) in [7, 11) is 0. The zero-order valence-electron chi connectivity index (χ0n) is 10.7. The van der Waals surface area contributed by atoms with Crippen LogP contribution < -0.4 is 0 Å². The lowest BCUT2D eigenvalue weighted by Gasteiger charge is -2.10. The van der Waals surface area contributed by atoms with E-state index in [1.54, 1.807) is 6.07 Å². The highest BCUT2D eigenvalue weighted by Gasteiger charge is 2.18. The Morgan fingerprint density at radius 1 is 1.10 bits per heavy atom. The molecule has 0 aliphatic carbocycles. The zero-order valence-corrected chi connectivity index (χ0v) is 11.5. The molecule has 102 valence electrons. The number of rotatable bonds is 2. The Balaban J connectivity index is 2.44. The van der Waals surface area contributed by atoms with Crippen molar-refractivity contribution >= 4 is 22.6 Å². The van der Waals surface area contributed by atoms with Crippen LogP contribution in [0.25, 0.3) is 16.7 Å². The maximum absolute atomic E-state index is 14.0. The summed E-state index contributed by atoms with van der Waals surface area (Å²) in [6.07, 6.45) is 0. The Morgan fingerprint density at radius 2 is 1.75 bits per heavy atom. The molecule has 2 nitrogen and oxygen atoms in total. The van der Waals surface area contributed by atoms with E-state index in [9.17, 15) is 8.78 Å². The number of aryl methyl sites for hydroxylation is 1. The number of benzene rings is 2. The number of halogens is 3. The van der Waals surface area contributed by atoms with E-state index in [1.807, 2.05) is 19.1 Å². The van der Waals surface area contributed by atoms with Gasteiger partial charge in [-0.25, -0.2) is 13.8 Å². The molecule has 0 N–H and O–H groups in total. The van der Waals surface area contributed by atoms with Gasteiger partial charge < -0.3 is 0 Å². The highest BCUT2D eigenvalue weighted by atomic mass is 35.5. The molecule has 0 fully saturated rings. The van der Waals surface area contributed by atoms with Crippen molar-refractivity contribution in [3.05, 3.63) is 59.4 Å². The first-order valence-corrected chi connectivity index (χ1v) is 6.64. The molecule has 5 heteroatoms. The molecule has 0 spiro atoms. The number of fused-ring (bicyclic) bond motifs is 1. The molecule has 0 bridgehead atoms. The summed E-state index contributed by atoms with van der Waals surface area (Å²) in [5.41, 5.74) is 2.14. The summed E-state index contributed by atoms with van der Waals surface area (Å²) >= 11 is 5.88. The van der Waals surface area contributed by atoms with E-state index in [1.165, 1.54) is 22.8 Å². The summed E-state index contributed by atoms with van der Waals surface area (Å²) in [5.74, 6) is -0.795. The second-order valence-electron chi connectivity index (χ2n) is 4.51. The van der Waals surface area contributed by atoms with Gasteiger partial charge in [0.2, 0.25) is 0 Å². The molecular formula is C15H11ClF2N2. The molecule has 0 atom stereocenters. The lowest BCUT2D eigenvalue weighted by molar-refractivity contribution is 0.569. The van der Waals surface area contributed by atoms with Gasteiger partial charge in [0.15, 0.2) is 0 Å². The highest BCUT2D eigenvalue weighted by Crippen LogP contribution is 2.27. The molecule has 0 amide bonds. The molecule has 2 aromatic carbocycles. The van der Waals surface area contributed by atoms with Crippen molar-refractivity contribution in [3.63, 3.8) is 0 Å². The molecule has 20 heavy (non-hydrogen) atoms. The van der Waals surface area contributed by atoms with Gasteiger partial charge in [-0.1, -0.05) is 18.2 Å². The lowest BCUT2D eigenvalue weighted by atomic mass is 10.2. The third kappa shape index (κ3) is 1.88. The summed E-state index contributed by atoms with van der Waals surface area (Å²) in [5, 5.41) is 0. The monoisotopic (exact) mass is 292 g/mol. The van der Waals surface area contributed by atoms with E-state index >= 15 is 0 Å². The second kappa shape index (κ2) is 4.87. The van der Waals surface area contributed by atoms with Crippen molar-refractivity contribution in [3.8, 4) is 5.69 Å². The fourth-order valence-corrected chi connectivity index (χ4v) is 2.51. The molecule has 0 saturated heterocycles. The molecule has 1 aromatic heterocycles. The van der Waals surface area contributed by atoms with Crippen LogP contribution in [-0.2, 0) is 5.88 Å². The maximum atomic E-state index is 14.0. The van der Waals surface area contributed by atoms with Crippen molar-refractivity contribution < 1.29 is 8.78 Å². The van der Waals surface area contributed by atoms with Crippen molar-refractivity contribution in [2.45, 2.75) is 12.8 Å². The summed E-state index contributed by atoms with van der Waals surface area (Å²) in [6.45, 7) is 1.90. The summed E-state index contributed by atoms with van der Waals surface area (Å²) in [6, 6.07) is 9.27. The third-order valence-electron chi connectivity index (χ3n) is 3.24. The van der Waals surface area contributed by atoms with Gasteiger partial charge in [0.05, 0.1) is 16.9 Å². The number of nitrogens with zero attached hydrogens (tertiary/aromatic N) is 2. The number of imidazole rings is 1. The number of hydrogen-bond acceptors (Lipinski definition) is 1. The molecular weight excluding hydrogens is 282 g/mol. The van der Waals surface area contributed by atoms with Gasteiger partial charge in [0, 0.05) is 0 Å². The van der Waals surface area contributed by atoms with Crippen LogP contribution >= 0.6 is 11.6 Å². The lowest BCUT2D eigenvalue weighted by Crippen LogP contribution is -2.04. The Hall–Kier alpha value is -1.94. The van der Waals surface area contributed by atoms with E-state index in [2.05, 4.69) is 4.98 Å². The topological polar surface area (TPSA) is 17.8 Å². The highest BCUT2D eigenvalue weighted by molar-refractivity contribution is 6.17. The predicted molar refractivity (Wildman–Crippen MR) is 75.3 cm³/mol. The van der Waals surface area contributed by atoms with Gasteiger partial charge >= 0.3 is 0 Å². The summed E-state index contributed by atoms with van der Waals surface area (Å²) < 4.78 is 29.5. The largest absolute Gasteiger partial charge is 0.290 e. The third-order valence-corrected chi connectivity index (χ3v) is 3.48. The molecule has 0 unspecified atom stereocenters. The quantitative estimate of drug-likeness (QED) is 0.642. The van der Waals surface area contributed by atoms with Crippen LogP contribution in [0, 0.1) is 18.6 Å². The molecule has 3 aromatic rings. The Labute approximate surface area is 119 Å². The smallest absolute Gasteiger partial charge is 0.150 e. The molecule has 0 aliphatic rings. The van der Waals surface area contributed by atoms with Gasteiger partial charge in [-0.2, -0.15) is 0 Å². The Kier molecular flexibility index (Phi) is 3.18. The molecule has 3 rings (SSSR count). The average Bonchev–Trinajstić information content (AvgIpc) is 2.79. The number of para-hydroxylation sites is 2. The van der Waals surface area contributed by atoms with Crippen molar-refractivity contribution in [1.82, 2.24) is 9.55 Å². The van der Waals surface area contributed by atoms with Crippen molar-refractivity contribution in [1.29, 1.82) is 0 Å². The van der Waals surface area contributed by atoms with Crippen LogP contribution in [0.4, 0.5) is 8.78 Å². The van der Waals surface area contributed by atoms with Gasteiger partial charge in [0.1, 0.15) is 23.1 Å². The van der Waals surface area contributed by atoms with Gasteiger partial charge in [-0.3, -0.25) is 4.57 Å². The second-order valence-corrected chi connectivity index (χ2v) is 4.78. The van der Waals surface area contributed by atoms with Crippen molar-refractivity contribution in [2.75, 3.05) is 0 Å². The average molecular weight is 293 g/mol. The fraction of sp³-hybridized carbons (Fsp3) is 0.133. The number of alkyl halides is 1. The maximum Gasteiger partial charge on any atom is 0.150 e. The Morgan fingerprint density at radius 3 is 2.40 bits per heavy atom. The minimum atomic E-state index is -0.642. The summed E-state index contributed by atoms with van der Waals surface area (Å²) in [4.78, 5) is 4.39. The SMILES string of the molecule is Cc1cccc2c1nc(CCl)n2-c1c(F)cccc1F.